The van der Waals surface area contributed by atoms with E-state index in [0.717, 1.165) is 33.6 Å². The van der Waals surface area contributed by atoms with Gasteiger partial charge in [-0.05, 0) is 82.9 Å². The second-order valence-corrected chi connectivity index (χ2v) is 14.7. The second kappa shape index (κ2) is 9.91. The molecule has 0 atom stereocenters. The highest BCUT2D eigenvalue weighted by molar-refractivity contribution is 7.26. The van der Waals surface area contributed by atoms with Crippen LogP contribution in [0.5, 0.6) is 0 Å². The van der Waals surface area contributed by atoms with Gasteiger partial charge in [-0.25, -0.2) is 0 Å². The van der Waals surface area contributed by atoms with Gasteiger partial charge in [0.2, 0.25) is 0 Å². The number of para-hydroxylation sites is 1. The van der Waals surface area contributed by atoms with Crippen molar-refractivity contribution in [2.75, 3.05) is 4.90 Å². The molecule has 0 saturated heterocycles. The van der Waals surface area contributed by atoms with Gasteiger partial charge >= 0.3 is 0 Å². The Morgan fingerprint density at radius 2 is 1.02 bits per heavy atom. The van der Waals surface area contributed by atoms with Crippen LogP contribution in [0.3, 0.4) is 0 Å². The van der Waals surface area contributed by atoms with Gasteiger partial charge in [-0.3, -0.25) is 0 Å². The van der Waals surface area contributed by atoms with Gasteiger partial charge in [-0.15, -0.1) is 22.7 Å². The Kier molecular flexibility index (Phi) is 5.45. The Morgan fingerprint density at radius 3 is 1.85 bits per heavy atom. The molecule has 0 unspecified atom stereocenters. The number of hydrogen-bond acceptors (Lipinski definition) is 4. The minimum atomic E-state index is 0.938. The topological polar surface area (TPSA) is 16.4 Å². The molecule has 0 aliphatic carbocycles. The van der Waals surface area contributed by atoms with E-state index in [1.807, 2.05) is 22.7 Å². The van der Waals surface area contributed by atoms with Gasteiger partial charge in [0.25, 0.3) is 0 Å². The van der Waals surface area contributed by atoms with Gasteiger partial charge in [-0.1, -0.05) is 84.9 Å². The first-order chi connectivity index (χ1) is 23.8. The molecule has 3 aromatic heterocycles. The van der Waals surface area contributed by atoms with Crippen LogP contribution in [-0.2, 0) is 0 Å². The summed E-state index contributed by atoms with van der Waals surface area (Å²) in [4.78, 5) is 2.39. The van der Waals surface area contributed by atoms with E-state index in [4.69, 9.17) is 4.42 Å². The number of nitrogens with zero attached hydrogens (tertiary/aromatic N) is 1. The number of rotatable bonds is 3. The second-order valence-electron chi connectivity index (χ2n) is 12.5. The zero-order valence-electron chi connectivity index (χ0n) is 25.6. The van der Waals surface area contributed by atoms with Crippen molar-refractivity contribution in [3.05, 3.63) is 152 Å². The van der Waals surface area contributed by atoms with E-state index in [1.165, 1.54) is 67.3 Å². The smallest absolute Gasteiger partial charge is 0.143 e. The standard InChI is InChI=1S/C44H25NOS2/c1-2-11-29(12-3-1)45(30-15-18-33-36-22-27-9-4-5-10-28(27)23-39(36)48-40(33)24-30)31-16-19-34-41(25-31)47-38-21-20-37-42(43(34)38)35-17-14-26-8-6-7-13-32(26)44(35)46-37/h1-25H. The summed E-state index contributed by atoms with van der Waals surface area (Å²) in [6, 6.07) is 55.2. The molecule has 8 aromatic carbocycles. The third kappa shape index (κ3) is 3.79. The average Bonchev–Trinajstić information content (AvgIpc) is 3.81. The van der Waals surface area contributed by atoms with E-state index in [2.05, 4.69) is 157 Å². The molecule has 4 heteroatoms. The Labute approximate surface area is 283 Å². The lowest BCUT2D eigenvalue weighted by molar-refractivity contribution is 0.673. The lowest BCUT2D eigenvalue weighted by Gasteiger charge is -2.25. The van der Waals surface area contributed by atoms with E-state index in [9.17, 15) is 0 Å². The molecule has 0 spiro atoms. The minimum absolute atomic E-state index is 0.938. The van der Waals surface area contributed by atoms with Gasteiger partial charge in [-0.2, -0.15) is 0 Å². The van der Waals surface area contributed by atoms with Crippen LogP contribution in [0.1, 0.15) is 0 Å². The van der Waals surface area contributed by atoms with Crippen LogP contribution < -0.4 is 4.90 Å². The maximum Gasteiger partial charge on any atom is 0.143 e. The largest absolute Gasteiger partial charge is 0.455 e. The van der Waals surface area contributed by atoms with Crippen molar-refractivity contribution in [2.24, 2.45) is 0 Å². The molecule has 0 aliphatic rings. The number of fused-ring (bicyclic) bond motifs is 13. The number of anilines is 3. The van der Waals surface area contributed by atoms with Crippen molar-refractivity contribution in [1.29, 1.82) is 0 Å². The number of benzene rings is 8. The molecule has 0 radical (unpaired) electrons. The fraction of sp³-hybridized carbons (Fsp3) is 0. The monoisotopic (exact) mass is 647 g/mol. The lowest BCUT2D eigenvalue weighted by atomic mass is 10.0. The third-order valence-corrected chi connectivity index (χ3v) is 12.0. The van der Waals surface area contributed by atoms with E-state index in [0.29, 0.717) is 0 Å². The van der Waals surface area contributed by atoms with Crippen LogP contribution in [-0.4, -0.2) is 0 Å². The van der Waals surface area contributed by atoms with Crippen molar-refractivity contribution in [1.82, 2.24) is 0 Å². The highest BCUT2D eigenvalue weighted by atomic mass is 32.1. The van der Waals surface area contributed by atoms with E-state index >= 15 is 0 Å². The predicted molar refractivity (Wildman–Crippen MR) is 209 cm³/mol. The summed E-state index contributed by atoms with van der Waals surface area (Å²) in [5.41, 5.74) is 5.34. The van der Waals surface area contributed by atoms with E-state index in [1.54, 1.807) is 0 Å². The number of hydrogen-bond donors (Lipinski definition) is 0. The highest BCUT2D eigenvalue weighted by Gasteiger charge is 2.19. The fourth-order valence-corrected chi connectivity index (χ4v) is 9.92. The summed E-state index contributed by atoms with van der Waals surface area (Å²) in [5.74, 6) is 0. The highest BCUT2D eigenvalue weighted by Crippen LogP contribution is 2.47. The van der Waals surface area contributed by atoms with Crippen molar-refractivity contribution >= 4 is 124 Å². The van der Waals surface area contributed by atoms with Crippen LogP contribution in [0, 0.1) is 0 Å². The van der Waals surface area contributed by atoms with Crippen LogP contribution in [0.15, 0.2) is 156 Å². The Hall–Kier alpha value is -5.68. The van der Waals surface area contributed by atoms with Crippen LogP contribution in [0.4, 0.5) is 17.1 Å². The van der Waals surface area contributed by atoms with Crippen LogP contribution >= 0.6 is 22.7 Å². The first-order valence-electron chi connectivity index (χ1n) is 16.2. The molecular weight excluding hydrogens is 623 g/mol. The summed E-state index contributed by atoms with van der Waals surface area (Å²) < 4.78 is 11.7. The summed E-state index contributed by atoms with van der Waals surface area (Å²) in [6.45, 7) is 0. The Morgan fingerprint density at radius 1 is 0.375 bits per heavy atom. The molecule has 0 aliphatic heterocycles. The molecule has 48 heavy (non-hydrogen) atoms. The van der Waals surface area contributed by atoms with E-state index in [-0.39, 0.29) is 0 Å². The molecule has 3 heterocycles. The SMILES string of the molecule is c1ccc(N(c2ccc3c(c2)sc2cc4ccccc4cc23)c2ccc3c(c2)sc2ccc4oc5c6ccccc6ccc5c4c23)cc1. The molecule has 224 valence electrons. The first-order valence-corrected chi connectivity index (χ1v) is 17.8. The normalized spacial score (nSPS) is 12.2. The van der Waals surface area contributed by atoms with Gasteiger partial charge in [0.15, 0.2) is 0 Å². The summed E-state index contributed by atoms with van der Waals surface area (Å²) in [7, 11) is 0. The zero-order chi connectivity index (χ0) is 31.3. The Balaban J connectivity index is 1.11. The molecular formula is C44H25NOS2. The molecule has 0 fully saturated rings. The minimum Gasteiger partial charge on any atom is -0.455 e. The predicted octanol–water partition coefficient (Wildman–Crippen LogP) is 14.1. The summed E-state index contributed by atoms with van der Waals surface area (Å²) in [6.07, 6.45) is 0. The maximum atomic E-state index is 6.55. The van der Waals surface area contributed by atoms with Crippen LogP contribution in [0.2, 0.25) is 0 Å². The molecule has 0 amide bonds. The molecule has 11 aromatic rings. The number of furan rings is 1. The quantitative estimate of drug-likeness (QED) is 0.190. The average molecular weight is 648 g/mol. The summed E-state index contributed by atoms with van der Waals surface area (Å²) in [5, 5.41) is 12.5. The summed E-state index contributed by atoms with van der Waals surface area (Å²) >= 11 is 3.73. The van der Waals surface area contributed by atoms with Crippen LogP contribution in [0.25, 0.3) is 83.8 Å². The van der Waals surface area contributed by atoms with Crippen molar-refractivity contribution < 1.29 is 4.42 Å². The first kappa shape index (κ1) is 26.4. The lowest BCUT2D eigenvalue weighted by Crippen LogP contribution is -2.09. The van der Waals surface area contributed by atoms with Gasteiger partial charge < -0.3 is 9.32 Å². The van der Waals surface area contributed by atoms with Gasteiger partial charge in [0.05, 0.1) is 0 Å². The van der Waals surface area contributed by atoms with E-state index < -0.39 is 0 Å². The molecule has 11 rings (SSSR count). The number of thiophene rings is 2. The maximum absolute atomic E-state index is 6.55. The molecule has 0 N–H and O–H groups in total. The molecule has 2 nitrogen and oxygen atoms in total. The third-order valence-electron chi connectivity index (χ3n) is 9.80. The zero-order valence-corrected chi connectivity index (χ0v) is 27.2. The van der Waals surface area contributed by atoms with Crippen molar-refractivity contribution in [3.8, 4) is 0 Å². The van der Waals surface area contributed by atoms with Crippen molar-refractivity contribution in [2.45, 2.75) is 0 Å². The Bertz CT molecular complexity index is 3070. The van der Waals surface area contributed by atoms with Gasteiger partial charge in [0.1, 0.15) is 11.2 Å². The molecule has 0 saturated carbocycles. The molecule has 0 bridgehead atoms. The van der Waals surface area contributed by atoms with Gasteiger partial charge in [0, 0.05) is 73.6 Å². The fourth-order valence-electron chi connectivity index (χ4n) is 7.60. The van der Waals surface area contributed by atoms with Crippen molar-refractivity contribution in [3.63, 3.8) is 0 Å².